The first-order valence-corrected chi connectivity index (χ1v) is 6.78. The Hall–Kier alpha value is -0.940. The van der Waals surface area contributed by atoms with Gasteiger partial charge in [0, 0.05) is 44.6 Å². The fourth-order valence-electron chi connectivity index (χ4n) is 2.57. The number of rotatable bonds is 4. The molecule has 0 spiro atoms. The summed E-state index contributed by atoms with van der Waals surface area (Å²) >= 11 is 0. The fraction of sp³-hybridized carbons (Fsp3) is 0.846. The molecule has 102 valence electrons. The van der Waals surface area contributed by atoms with Crippen molar-refractivity contribution in [2.24, 2.45) is 0 Å². The number of hydrogen-bond acceptors (Lipinski definition) is 5. The van der Waals surface area contributed by atoms with Crippen LogP contribution < -0.4 is 5.32 Å². The molecule has 18 heavy (non-hydrogen) atoms. The molecule has 2 rings (SSSR count). The molecule has 1 aliphatic heterocycles. The van der Waals surface area contributed by atoms with Crippen molar-refractivity contribution < 1.29 is 4.52 Å². The van der Waals surface area contributed by atoms with E-state index >= 15 is 0 Å². The van der Waals surface area contributed by atoms with Crippen molar-refractivity contribution in [2.75, 3.05) is 19.6 Å². The lowest BCUT2D eigenvalue weighted by Crippen LogP contribution is -2.61. The van der Waals surface area contributed by atoms with Crippen LogP contribution in [0.3, 0.4) is 0 Å². The van der Waals surface area contributed by atoms with Crippen LogP contribution in [0.15, 0.2) is 4.52 Å². The molecule has 1 atom stereocenters. The van der Waals surface area contributed by atoms with E-state index in [0.29, 0.717) is 11.9 Å². The standard InChI is InChI=1S/C13H24N4O/c1-5-11-8-14-13(3,4)9-17(11)7-6-12-15-10(2)18-16-12/h11,14H,5-9H2,1-4H3. The van der Waals surface area contributed by atoms with Gasteiger partial charge >= 0.3 is 0 Å². The van der Waals surface area contributed by atoms with Gasteiger partial charge in [-0.15, -0.1) is 0 Å². The average Bonchev–Trinajstić information content (AvgIpc) is 2.72. The van der Waals surface area contributed by atoms with Crippen LogP contribution in [0.25, 0.3) is 0 Å². The molecule has 5 heteroatoms. The van der Waals surface area contributed by atoms with Crippen LogP contribution in [-0.2, 0) is 6.42 Å². The van der Waals surface area contributed by atoms with Gasteiger partial charge in [-0.3, -0.25) is 4.90 Å². The average molecular weight is 252 g/mol. The third kappa shape index (κ3) is 3.29. The number of hydrogen-bond donors (Lipinski definition) is 1. The second-order valence-corrected chi connectivity index (χ2v) is 5.78. The van der Waals surface area contributed by atoms with E-state index in [2.05, 4.69) is 41.1 Å². The molecule has 2 heterocycles. The molecule has 1 N–H and O–H groups in total. The summed E-state index contributed by atoms with van der Waals surface area (Å²) in [6, 6.07) is 0.617. The van der Waals surface area contributed by atoms with Gasteiger partial charge in [-0.1, -0.05) is 12.1 Å². The first kappa shape index (κ1) is 13.5. The van der Waals surface area contributed by atoms with Crippen LogP contribution >= 0.6 is 0 Å². The van der Waals surface area contributed by atoms with E-state index in [-0.39, 0.29) is 5.54 Å². The fourth-order valence-corrected chi connectivity index (χ4v) is 2.57. The predicted molar refractivity (Wildman–Crippen MR) is 70.5 cm³/mol. The molecule has 1 unspecified atom stereocenters. The Labute approximate surface area is 109 Å². The lowest BCUT2D eigenvalue weighted by molar-refractivity contribution is 0.0932. The molecule has 1 aromatic rings. The maximum Gasteiger partial charge on any atom is 0.223 e. The zero-order chi connectivity index (χ0) is 13.2. The second kappa shape index (κ2) is 5.36. The van der Waals surface area contributed by atoms with Crippen LogP contribution in [0.1, 0.15) is 38.9 Å². The molecule has 1 fully saturated rings. The molecule has 0 saturated carbocycles. The van der Waals surface area contributed by atoms with E-state index in [4.69, 9.17) is 4.52 Å². The lowest BCUT2D eigenvalue weighted by atomic mass is 9.97. The summed E-state index contributed by atoms with van der Waals surface area (Å²) in [4.78, 5) is 6.81. The number of nitrogens with zero attached hydrogens (tertiary/aromatic N) is 3. The summed E-state index contributed by atoms with van der Waals surface area (Å²) in [5.74, 6) is 1.47. The van der Waals surface area contributed by atoms with E-state index in [1.54, 1.807) is 0 Å². The number of aromatic nitrogens is 2. The van der Waals surface area contributed by atoms with Crippen molar-refractivity contribution in [3.05, 3.63) is 11.7 Å². The summed E-state index contributed by atoms with van der Waals surface area (Å²) < 4.78 is 5.01. The quantitative estimate of drug-likeness (QED) is 0.877. The number of nitrogens with one attached hydrogen (secondary N) is 1. The minimum atomic E-state index is 0.193. The van der Waals surface area contributed by atoms with Crippen LogP contribution in [0.2, 0.25) is 0 Å². The van der Waals surface area contributed by atoms with E-state index in [9.17, 15) is 0 Å². The Morgan fingerprint density at radius 3 is 2.89 bits per heavy atom. The Morgan fingerprint density at radius 2 is 2.28 bits per heavy atom. The predicted octanol–water partition coefficient (Wildman–Crippen LogP) is 1.38. The molecule has 5 nitrogen and oxygen atoms in total. The molecular weight excluding hydrogens is 228 g/mol. The van der Waals surface area contributed by atoms with E-state index in [0.717, 1.165) is 31.9 Å². The van der Waals surface area contributed by atoms with Crippen LogP contribution in [-0.4, -0.2) is 46.3 Å². The summed E-state index contributed by atoms with van der Waals surface area (Å²) in [5, 5.41) is 7.56. The van der Waals surface area contributed by atoms with E-state index in [1.807, 2.05) is 6.92 Å². The van der Waals surface area contributed by atoms with Gasteiger partial charge < -0.3 is 9.84 Å². The highest BCUT2D eigenvalue weighted by atomic mass is 16.5. The maximum atomic E-state index is 5.01. The van der Waals surface area contributed by atoms with Gasteiger partial charge in [0.1, 0.15) is 0 Å². The molecule has 0 radical (unpaired) electrons. The van der Waals surface area contributed by atoms with Gasteiger partial charge in [-0.05, 0) is 20.3 Å². The summed E-state index contributed by atoms with van der Waals surface area (Å²) in [6.45, 7) is 11.7. The molecule has 0 aromatic carbocycles. The van der Waals surface area contributed by atoms with Gasteiger partial charge in [0.05, 0.1) is 0 Å². The number of piperazine rings is 1. The van der Waals surface area contributed by atoms with Crippen LogP contribution in [0, 0.1) is 6.92 Å². The second-order valence-electron chi connectivity index (χ2n) is 5.78. The minimum absolute atomic E-state index is 0.193. The zero-order valence-corrected chi connectivity index (χ0v) is 11.9. The summed E-state index contributed by atoms with van der Waals surface area (Å²) in [5.41, 5.74) is 0.193. The largest absolute Gasteiger partial charge is 0.340 e. The lowest BCUT2D eigenvalue weighted by Gasteiger charge is -2.44. The van der Waals surface area contributed by atoms with Crippen molar-refractivity contribution in [3.63, 3.8) is 0 Å². The Bertz CT molecular complexity index is 388. The van der Waals surface area contributed by atoms with Crippen molar-refractivity contribution in [2.45, 2.75) is 52.1 Å². The Morgan fingerprint density at radius 1 is 1.50 bits per heavy atom. The van der Waals surface area contributed by atoms with Gasteiger partial charge in [-0.25, -0.2) is 0 Å². The highest BCUT2D eigenvalue weighted by Crippen LogP contribution is 2.17. The summed E-state index contributed by atoms with van der Waals surface area (Å²) in [6.07, 6.45) is 2.04. The molecule has 0 bridgehead atoms. The Kier molecular flexibility index (Phi) is 4.02. The zero-order valence-electron chi connectivity index (χ0n) is 11.9. The van der Waals surface area contributed by atoms with Gasteiger partial charge in [-0.2, -0.15) is 4.98 Å². The van der Waals surface area contributed by atoms with Crippen LogP contribution in [0.5, 0.6) is 0 Å². The highest BCUT2D eigenvalue weighted by Gasteiger charge is 2.31. The molecule has 0 aliphatic carbocycles. The molecule has 1 saturated heterocycles. The van der Waals surface area contributed by atoms with Gasteiger partial charge in [0.25, 0.3) is 0 Å². The van der Waals surface area contributed by atoms with E-state index in [1.165, 1.54) is 6.42 Å². The van der Waals surface area contributed by atoms with Crippen molar-refractivity contribution >= 4 is 0 Å². The summed E-state index contributed by atoms with van der Waals surface area (Å²) in [7, 11) is 0. The Balaban J connectivity index is 1.92. The monoisotopic (exact) mass is 252 g/mol. The normalized spacial score (nSPS) is 24.3. The third-order valence-corrected chi connectivity index (χ3v) is 3.59. The first-order chi connectivity index (χ1) is 8.50. The van der Waals surface area contributed by atoms with Crippen molar-refractivity contribution in [1.29, 1.82) is 0 Å². The smallest absolute Gasteiger partial charge is 0.223 e. The van der Waals surface area contributed by atoms with Crippen molar-refractivity contribution in [1.82, 2.24) is 20.4 Å². The molecule has 1 aromatic heterocycles. The third-order valence-electron chi connectivity index (χ3n) is 3.59. The topological polar surface area (TPSA) is 54.2 Å². The molecular formula is C13H24N4O. The highest BCUT2D eigenvalue weighted by molar-refractivity contribution is 4.93. The number of aryl methyl sites for hydroxylation is 1. The maximum absolute atomic E-state index is 5.01. The molecule has 0 amide bonds. The minimum Gasteiger partial charge on any atom is -0.340 e. The van der Waals surface area contributed by atoms with Crippen molar-refractivity contribution in [3.8, 4) is 0 Å². The molecule has 1 aliphatic rings. The van der Waals surface area contributed by atoms with Gasteiger partial charge in [0.2, 0.25) is 5.89 Å². The van der Waals surface area contributed by atoms with E-state index < -0.39 is 0 Å². The first-order valence-electron chi connectivity index (χ1n) is 6.78. The van der Waals surface area contributed by atoms with Gasteiger partial charge in [0.15, 0.2) is 5.82 Å². The SMILES string of the molecule is CCC1CNC(C)(C)CN1CCc1noc(C)n1. The van der Waals surface area contributed by atoms with Crippen LogP contribution in [0.4, 0.5) is 0 Å².